The third kappa shape index (κ3) is 2.39. The summed E-state index contributed by atoms with van der Waals surface area (Å²) in [6, 6.07) is 10.1. The number of halogens is 1. The molecule has 1 aromatic carbocycles. The van der Waals surface area contributed by atoms with E-state index in [1.807, 2.05) is 18.2 Å². The van der Waals surface area contributed by atoms with Crippen LogP contribution < -0.4 is 0 Å². The summed E-state index contributed by atoms with van der Waals surface area (Å²) < 4.78 is 0. The van der Waals surface area contributed by atoms with Gasteiger partial charge in [0.15, 0.2) is 0 Å². The number of aryl methyl sites for hydroxylation is 2. The van der Waals surface area contributed by atoms with Crippen LogP contribution in [0.2, 0.25) is 0 Å². The van der Waals surface area contributed by atoms with Gasteiger partial charge in [0.1, 0.15) is 5.82 Å². The van der Waals surface area contributed by atoms with Crippen LogP contribution in [-0.4, -0.2) is 15.8 Å². The highest BCUT2D eigenvalue weighted by Gasteiger charge is 2.03. The van der Waals surface area contributed by atoms with Crippen molar-refractivity contribution in [2.45, 2.75) is 13.3 Å². The lowest BCUT2D eigenvalue weighted by Gasteiger charge is -2.05. The third-order valence-electron chi connectivity index (χ3n) is 2.44. The Morgan fingerprint density at radius 2 is 2.00 bits per heavy atom. The summed E-state index contributed by atoms with van der Waals surface area (Å²) in [6.07, 6.45) is 2.50. The molecule has 16 heavy (non-hydrogen) atoms. The van der Waals surface area contributed by atoms with Crippen LogP contribution in [0.25, 0.3) is 11.3 Å². The first-order valence-corrected chi connectivity index (χ1v) is 5.78. The van der Waals surface area contributed by atoms with E-state index in [2.05, 4.69) is 29.0 Å². The number of nitrogens with zero attached hydrogens (tertiary/aromatic N) is 2. The minimum atomic E-state index is 0.553. The van der Waals surface area contributed by atoms with Crippen LogP contribution in [0.1, 0.15) is 11.4 Å². The standard InChI is InChI=1S/C13H13ClN2/c1-10-4-2-3-5-11(10)12-7-9-15-13(16-12)6-8-14/h2-5,7,9H,6,8H2,1H3. The summed E-state index contributed by atoms with van der Waals surface area (Å²) in [5.41, 5.74) is 3.34. The van der Waals surface area contributed by atoms with Crippen molar-refractivity contribution in [3.8, 4) is 11.3 Å². The van der Waals surface area contributed by atoms with Gasteiger partial charge in [0.25, 0.3) is 0 Å². The minimum absolute atomic E-state index is 0.553. The minimum Gasteiger partial charge on any atom is -0.241 e. The molecule has 2 rings (SSSR count). The summed E-state index contributed by atoms with van der Waals surface area (Å²) in [7, 11) is 0. The summed E-state index contributed by atoms with van der Waals surface area (Å²) in [6.45, 7) is 2.08. The molecule has 1 heterocycles. The van der Waals surface area contributed by atoms with Crippen molar-refractivity contribution in [3.63, 3.8) is 0 Å². The lowest BCUT2D eigenvalue weighted by Crippen LogP contribution is -1.97. The van der Waals surface area contributed by atoms with E-state index in [4.69, 9.17) is 11.6 Å². The van der Waals surface area contributed by atoms with Gasteiger partial charge < -0.3 is 0 Å². The third-order valence-corrected chi connectivity index (χ3v) is 2.63. The van der Waals surface area contributed by atoms with Gasteiger partial charge in [-0.25, -0.2) is 9.97 Å². The van der Waals surface area contributed by atoms with Gasteiger partial charge >= 0.3 is 0 Å². The summed E-state index contributed by atoms with van der Waals surface area (Å²) in [4.78, 5) is 8.69. The fourth-order valence-electron chi connectivity index (χ4n) is 1.61. The maximum Gasteiger partial charge on any atom is 0.130 e. The van der Waals surface area contributed by atoms with Crippen LogP contribution in [0.15, 0.2) is 36.5 Å². The SMILES string of the molecule is Cc1ccccc1-c1ccnc(CCCl)n1. The van der Waals surface area contributed by atoms with Gasteiger partial charge in [0.2, 0.25) is 0 Å². The fourth-order valence-corrected chi connectivity index (χ4v) is 1.78. The Morgan fingerprint density at radius 1 is 1.19 bits per heavy atom. The van der Waals surface area contributed by atoms with E-state index >= 15 is 0 Å². The number of hydrogen-bond acceptors (Lipinski definition) is 2. The van der Waals surface area contributed by atoms with Crippen molar-refractivity contribution in [1.82, 2.24) is 9.97 Å². The number of aromatic nitrogens is 2. The highest BCUT2D eigenvalue weighted by atomic mass is 35.5. The molecule has 2 nitrogen and oxygen atoms in total. The molecular weight excluding hydrogens is 220 g/mol. The van der Waals surface area contributed by atoms with Gasteiger partial charge in [0.05, 0.1) is 5.69 Å². The predicted molar refractivity (Wildman–Crippen MR) is 66.6 cm³/mol. The number of hydrogen-bond donors (Lipinski definition) is 0. The summed E-state index contributed by atoms with van der Waals surface area (Å²) in [5.74, 6) is 1.35. The lowest BCUT2D eigenvalue weighted by atomic mass is 10.1. The zero-order chi connectivity index (χ0) is 11.4. The normalized spacial score (nSPS) is 10.4. The first kappa shape index (κ1) is 11.1. The average molecular weight is 233 g/mol. The van der Waals surface area contributed by atoms with E-state index in [0.717, 1.165) is 17.1 Å². The van der Waals surface area contributed by atoms with Crippen LogP contribution in [0.4, 0.5) is 0 Å². The zero-order valence-corrected chi connectivity index (χ0v) is 9.91. The molecular formula is C13H13ClN2. The molecule has 0 saturated heterocycles. The number of alkyl halides is 1. The molecule has 0 atom stereocenters. The van der Waals surface area contributed by atoms with Crippen LogP contribution >= 0.6 is 11.6 Å². The zero-order valence-electron chi connectivity index (χ0n) is 9.15. The topological polar surface area (TPSA) is 25.8 Å². The van der Waals surface area contributed by atoms with E-state index in [0.29, 0.717) is 12.3 Å². The second-order valence-electron chi connectivity index (χ2n) is 3.61. The van der Waals surface area contributed by atoms with Gasteiger partial charge in [-0.2, -0.15) is 0 Å². The molecule has 0 N–H and O–H groups in total. The molecule has 0 saturated carbocycles. The van der Waals surface area contributed by atoms with Crippen molar-refractivity contribution in [3.05, 3.63) is 47.9 Å². The first-order chi connectivity index (χ1) is 7.81. The van der Waals surface area contributed by atoms with E-state index in [1.165, 1.54) is 5.56 Å². The maximum atomic E-state index is 5.69. The van der Waals surface area contributed by atoms with Gasteiger partial charge in [-0.15, -0.1) is 11.6 Å². The Bertz CT molecular complexity index is 483. The summed E-state index contributed by atoms with van der Waals surface area (Å²) >= 11 is 5.69. The van der Waals surface area contributed by atoms with Crippen LogP contribution in [-0.2, 0) is 6.42 Å². The molecule has 0 fully saturated rings. The molecule has 0 aliphatic rings. The monoisotopic (exact) mass is 232 g/mol. The Morgan fingerprint density at radius 3 is 2.75 bits per heavy atom. The van der Waals surface area contributed by atoms with Crippen molar-refractivity contribution >= 4 is 11.6 Å². The molecule has 3 heteroatoms. The van der Waals surface area contributed by atoms with Gasteiger partial charge in [0, 0.05) is 24.1 Å². The Kier molecular flexibility index (Phi) is 3.52. The number of rotatable bonds is 3. The highest BCUT2D eigenvalue weighted by molar-refractivity contribution is 6.17. The van der Waals surface area contributed by atoms with Crippen LogP contribution in [0, 0.1) is 6.92 Å². The van der Waals surface area contributed by atoms with E-state index in [1.54, 1.807) is 6.20 Å². The smallest absolute Gasteiger partial charge is 0.130 e. The molecule has 0 aliphatic carbocycles. The molecule has 1 aromatic heterocycles. The molecule has 0 bridgehead atoms. The van der Waals surface area contributed by atoms with Crippen molar-refractivity contribution in [1.29, 1.82) is 0 Å². The first-order valence-electron chi connectivity index (χ1n) is 5.25. The largest absolute Gasteiger partial charge is 0.241 e. The fraction of sp³-hybridized carbons (Fsp3) is 0.231. The molecule has 0 radical (unpaired) electrons. The molecule has 0 aliphatic heterocycles. The van der Waals surface area contributed by atoms with Gasteiger partial charge in [-0.3, -0.25) is 0 Å². The molecule has 0 unspecified atom stereocenters. The Hall–Kier alpha value is -1.41. The van der Waals surface area contributed by atoms with E-state index in [-0.39, 0.29) is 0 Å². The highest BCUT2D eigenvalue weighted by Crippen LogP contribution is 2.20. The summed E-state index contributed by atoms with van der Waals surface area (Å²) in [5, 5.41) is 0. The van der Waals surface area contributed by atoms with Crippen molar-refractivity contribution in [2.24, 2.45) is 0 Å². The molecule has 2 aromatic rings. The quantitative estimate of drug-likeness (QED) is 0.760. The van der Waals surface area contributed by atoms with Crippen molar-refractivity contribution in [2.75, 3.05) is 5.88 Å². The maximum absolute atomic E-state index is 5.69. The van der Waals surface area contributed by atoms with Gasteiger partial charge in [-0.05, 0) is 18.6 Å². The van der Waals surface area contributed by atoms with Crippen molar-refractivity contribution < 1.29 is 0 Å². The average Bonchev–Trinajstić information content (AvgIpc) is 2.30. The number of benzene rings is 1. The van der Waals surface area contributed by atoms with Gasteiger partial charge in [-0.1, -0.05) is 24.3 Å². The van der Waals surface area contributed by atoms with E-state index in [9.17, 15) is 0 Å². The van der Waals surface area contributed by atoms with Crippen LogP contribution in [0.5, 0.6) is 0 Å². The molecule has 82 valence electrons. The predicted octanol–water partition coefficient (Wildman–Crippen LogP) is 3.23. The van der Waals surface area contributed by atoms with Crippen LogP contribution in [0.3, 0.4) is 0 Å². The Balaban J connectivity index is 2.40. The second kappa shape index (κ2) is 5.08. The Labute approximate surface area is 100 Å². The second-order valence-corrected chi connectivity index (χ2v) is 3.99. The molecule has 0 spiro atoms. The lowest BCUT2D eigenvalue weighted by molar-refractivity contribution is 0.947. The molecule has 0 amide bonds. The van der Waals surface area contributed by atoms with E-state index < -0.39 is 0 Å².